The van der Waals surface area contributed by atoms with Crippen LogP contribution >= 0.6 is 0 Å². The highest BCUT2D eigenvalue weighted by Crippen LogP contribution is 2.16. The molecular formula is C18H21F2N3O. The van der Waals surface area contributed by atoms with Crippen molar-refractivity contribution in [3.05, 3.63) is 65.2 Å². The summed E-state index contributed by atoms with van der Waals surface area (Å²) in [7, 11) is 3.26. The standard InChI is InChI=1S/C18H21F2N3O/c1-21-18(23-12-13-6-3-4-9-17(13)24-2)22-11-10-14-15(19)7-5-8-16(14)20/h3-9H,10-12H2,1-2H3,(H2,21,22,23). The average molecular weight is 333 g/mol. The minimum absolute atomic E-state index is 0.0742. The molecule has 6 heteroatoms. The van der Waals surface area contributed by atoms with Crippen LogP contribution in [-0.4, -0.2) is 26.7 Å². The fraction of sp³-hybridized carbons (Fsp3) is 0.278. The molecule has 2 aromatic carbocycles. The quantitative estimate of drug-likeness (QED) is 0.631. The molecule has 0 fully saturated rings. The molecule has 0 saturated carbocycles. The molecule has 2 rings (SSSR count). The zero-order chi connectivity index (χ0) is 17.4. The number of ether oxygens (including phenoxy) is 1. The maximum Gasteiger partial charge on any atom is 0.191 e. The minimum atomic E-state index is -0.534. The highest BCUT2D eigenvalue weighted by Gasteiger charge is 2.08. The molecule has 0 aliphatic carbocycles. The summed E-state index contributed by atoms with van der Waals surface area (Å²) in [5.74, 6) is 0.272. The number of aliphatic imine (C=N–C) groups is 1. The summed E-state index contributed by atoms with van der Waals surface area (Å²) in [5, 5.41) is 6.19. The summed E-state index contributed by atoms with van der Waals surface area (Å²) in [6.45, 7) is 0.890. The molecule has 0 unspecified atom stereocenters. The van der Waals surface area contributed by atoms with E-state index in [4.69, 9.17) is 4.74 Å². The van der Waals surface area contributed by atoms with Gasteiger partial charge < -0.3 is 15.4 Å². The van der Waals surface area contributed by atoms with E-state index in [1.165, 1.54) is 18.2 Å². The molecule has 0 aliphatic heterocycles. The van der Waals surface area contributed by atoms with Gasteiger partial charge in [0.25, 0.3) is 0 Å². The van der Waals surface area contributed by atoms with Crippen molar-refractivity contribution in [3.8, 4) is 5.75 Å². The molecule has 128 valence electrons. The van der Waals surface area contributed by atoms with E-state index in [0.29, 0.717) is 19.0 Å². The zero-order valence-electron chi connectivity index (χ0n) is 13.8. The number of nitrogens with one attached hydrogen (secondary N) is 2. The fourth-order valence-corrected chi connectivity index (χ4v) is 2.33. The van der Waals surface area contributed by atoms with E-state index in [0.717, 1.165) is 11.3 Å². The Balaban J connectivity index is 1.87. The van der Waals surface area contributed by atoms with E-state index in [1.807, 2.05) is 24.3 Å². The van der Waals surface area contributed by atoms with Crippen molar-refractivity contribution < 1.29 is 13.5 Å². The third-order valence-corrected chi connectivity index (χ3v) is 3.59. The second-order valence-corrected chi connectivity index (χ2v) is 5.11. The fourth-order valence-electron chi connectivity index (χ4n) is 2.33. The topological polar surface area (TPSA) is 45.7 Å². The third kappa shape index (κ3) is 4.68. The summed E-state index contributed by atoms with van der Waals surface area (Å²) in [5.41, 5.74) is 1.06. The Kier molecular flexibility index (Phi) is 6.54. The van der Waals surface area contributed by atoms with Crippen LogP contribution in [0.4, 0.5) is 8.78 Å². The van der Waals surface area contributed by atoms with Crippen LogP contribution in [0.25, 0.3) is 0 Å². The van der Waals surface area contributed by atoms with Crippen molar-refractivity contribution in [2.45, 2.75) is 13.0 Å². The predicted octanol–water partition coefficient (Wildman–Crippen LogP) is 2.88. The van der Waals surface area contributed by atoms with Crippen LogP contribution in [0, 0.1) is 11.6 Å². The van der Waals surface area contributed by atoms with E-state index in [2.05, 4.69) is 15.6 Å². The van der Waals surface area contributed by atoms with E-state index >= 15 is 0 Å². The second-order valence-electron chi connectivity index (χ2n) is 5.11. The lowest BCUT2D eigenvalue weighted by atomic mass is 10.1. The third-order valence-electron chi connectivity index (χ3n) is 3.59. The van der Waals surface area contributed by atoms with Gasteiger partial charge in [-0.2, -0.15) is 0 Å². The minimum Gasteiger partial charge on any atom is -0.496 e. The summed E-state index contributed by atoms with van der Waals surface area (Å²) in [6, 6.07) is 11.5. The first-order chi connectivity index (χ1) is 11.7. The van der Waals surface area contributed by atoms with E-state index in [-0.39, 0.29) is 12.0 Å². The normalized spacial score (nSPS) is 11.2. The van der Waals surface area contributed by atoms with Crippen LogP contribution in [0.15, 0.2) is 47.5 Å². The zero-order valence-corrected chi connectivity index (χ0v) is 13.8. The molecule has 0 radical (unpaired) electrons. The van der Waals surface area contributed by atoms with Gasteiger partial charge in [-0.15, -0.1) is 0 Å². The number of hydrogen-bond acceptors (Lipinski definition) is 2. The Morgan fingerprint density at radius 2 is 1.75 bits per heavy atom. The number of halogens is 2. The van der Waals surface area contributed by atoms with Crippen molar-refractivity contribution in [2.24, 2.45) is 4.99 Å². The van der Waals surface area contributed by atoms with E-state index < -0.39 is 11.6 Å². The van der Waals surface area contributed by atoms with Gasteiger partial charge in [0.05, 0.1) is 7.11 Å². The molecule has 0 bridgehead atoms. The van der Waals surface area contributed by atoms with E-state index in [9.17, 15) is 8.78 Å². The number of para-hydroxylation sites is 1. The number of rotatable bonds is 6. The Morgan fingerprint density at radius 1 is 1.04 bits per heavy atom. The van der Waals surface area contributed by atoms with Crippen molar-refractivity contribution in [1.82, 2.24) is 10.6 Å². The van der Waals surface area contributed by atoms with Crippen molar-refractivity contribution in [1.29, 1.82) is 0 Å². The molecule has 24 heavy (non-hydrogen) atoms. The van der Waals surface area contributed by atoms with Gasteiger partial charge in [0.2, 0.25) is 0 Å². The SMILES string of the molecule is CN=C(NCCc1c(F)cccc1F)NCc1ccccc1OC. The second kappa shape index (κ2) is 8.86. The summed E-state index contributed by atoms with van der Waals surface area (Å²) in [4.78, 5) is 4.10. The molecule has 4 nitrogen and oxygen atoms in total. The Hall–Kier alpha value is -2.63. The largest absolute Gasteiger partial charge is 0.496 e. The van der Waals surface area contributed by atoms with Gasteiger partial charge in [0.1, 0.15) is 17.4 Å². The smallest absolute Gasteiger partial charge is 0.191 e. The Labute approximate surface area is 140 Å². The first-order valence-corrected chi connectivity index (χ1v) is 7.65. The summed E-state index contributed by atoms with van der Waals surface area (Å²) in [6.07, 6.45) is 0.230. The van der Waals surface area contributed by atoms with Crippen molar-refractivity contribution in [3.63, 3.8) is 0 Å². The van der Waals surface area contributed by atoms with Gasteiger partial charge in [-0.1, -0.05) is 24.3 Å². The summed E-state index contributed by atoms with van der Waals surface area (Å²) >= 11 is 0. The molecule has 0 amide bonds. The molecule has 2 N–H and O–H groups in total. The lowest BCUT2D eigenvalue weighted by Gasteiger charge is -2.14. The number of nitrogens with zero attached hydrogens (tertiary/aromatic N) is 1. The van der Waals surface area contributed by atoms with Gasteiger partial charge >= 0.3 is 0 Å². The molecule has 0 heterocycles. The van der Waals surface area contributed by atoms with Crippen molar-refractivity contribution >= 4 is 5.96 Å². The van der Waals surface area contributed by atoms with Crippen LogP contribution in [0.2, 0.25) is 0 Å². The highest BCUT2D eigenvalue weighted by molar-refractivity contribution is 5.79. The average Bonchev–Trinajstić information content (AvgIpc) is 2.60. The number of methoxy groups -OCH3 is 1. The molecule has 0 atom stereocenters. The van der Waals surface area contributed by atoms with Crippen molar-refractivity contribution in [2.75, 3.05) is 20.7 Å². The van der Waals surface area contributed by atoms with Gasteiger partial charge in [-0.05, 0) is 24.6 Å². The highest BCUT2D eigenvalue weighted by atomic mass is 19.1. The lowest BCUT2D eigenvalue weighted by molar-refractivity contribution is 0.409. The monoisotopic (exact) mass is 333 g/mol. The number of guanidine groups is 1. The molecule has 0 saturated heterocycles. The lowest BCUT2D eigenvalue weighted by Crippen LogP contribution is -2.38. The van der Waals surface area contributed by atoms with Crippen LogP contribution < -0.4 is 15.4 Å². The maximum absolute atomic E-state index is 13.6. The maximum atomic E-state index is 13.6. The molecule has 2 aromatic rings. The van der Waals surface area contributed by atoms with Crippen LogP contribution in [0.3, 0.4) is 0 Å². The van der Waals surface area contributed by atoms with Gasteiger partial charge in [-0.25, -0.2) is 8.78 Å². The Morgan fingerprint density at radius 3 is 2.42 bits per heavy atom. The number of hydrogen-bond donors (Lipinski definition) is 2. The van der Waals surface area contributed by atoms with Gasteiger partial charge in [0.15, 0.2) is 5.96 Å². The van der Waals surface area contributed by atoms with Gasteiger partial charge in [0, 0.05) is 31.3 Å². The first kappa shape index (κ1) is 17.7. The van der Waals surface area contributed by atoms with Crippen LogP contribution in [0.5, 0.6) is 5.75 Å². The summed E-state index contributed by atoms with van der Waals surface area (Å²) < 4.78 is 32.5. The molecule has 0 aromatic heterocycles. The predicted molar refractivity (Wildman–Crippen MR) is 91.3 cm³/mol. The molecular weight excluding hydrogens is 312 g/mol. The van der Waals surface area contributed by atoms with E-state index in [1.54, 1.807) is 14.2 Å². The molecule has 0 aliphatic rings. The first-order valence-electron chi connectivity index (χ1n) is 7.65. The van der Waals surface area contributed by atoms with Crippen LogP contribution in [0.1, 0.15) is 11.1 Å². The Bertz CT molecular complexity index is 684. The van der Waals surface area contributed by atoms with Gasteiger partial charge in [-0.3, -0.25) is 4.99 Å². The molecule has 0 spiro atoms. The van der Waals surface area contributed by atoms with Crippen LogP contribution in [-0.2, 0) is 13.0 Å². The number of benzene rings is 2.